The Balaban J connectivity index is 1.64. The molecule has 1 aliphatic heterocycles. The Bertz CT molecular complexity index is 3170. The van der Waals surface area contributed by atoms with Gasteiger partial charge in [-0.05, 0) is 66.2 Å². The van der Waals surface area contributed by atoms with Crippen LogP contribution in [0.1, 0.15) is 65.3 Å². The van der Waals surface area contributed by atoms with Crippen molar-refractivity contribution in [2.45, 2.75) is 55.8 Å². The van der Waals surface area contributed by atoms with E-state index in [-0.39, 0.29) is 60.3 Å². The lowest BCUT2D eigenvalue weighted by molar-refractivity contribution is -0.138. The van der Waals surface area contributed by atoms with E-state index in [1.165, 1.54) is 0 Å². The zero-order chi connectivity index (χ0) is 56.8. The molecule has 6 nitrogen and oxygen atoms in total. The van der Waals surface area contributed by atoms with Crippen LogP contribution in [-0.2, 0) is 34.5 Å². The Morgan fingerprint density at radius 1 is 1.00 bits per heavy atom. The van der Waals surface area contributed by atoms with Crippen molar-refractivity contribution in [3.05, 3.63) is 135 Å². The SMILES string of the molecule is [2H]c1c([2H])c(F)c(F)c(CSc2c([2H])c(=O)c3c([2H])c([2H])c([2H])c([2H])c3n2C([2H])([2H])C(=O)N(C2CCN(CCOC([2H])([2H])[2H])CC2)C([2H])([2H])c2c([2H])c([2H])c(-c3c([2H])c([2H])c(C(F)(F)F)c(C)c3[2H])c([2H])c2[2H])c1[2H]. The molecule has 12 heteroatoms. The lowest BCUT2D eigenvalue weighted by atomic mass is 9.98. The second kappa shape index (κ2) is 16.7. The molecule has 1 amide bonds. The molecule has 278 valence electrons. The fourth-order valence-corrected chi connectivity index (χ4v) is 6.27. The smallest absolute Gasteiger partial charge is 0.383 e. The third kappa shape index (κ3) is 9.00. The minimum absolute atomic E-state index is 0.0242. The maximum Gasteiger partial charge on any atom is 0.416 e. The van der Waals surface area contributed by atoms with Gasteiger partial charge in [-0.25, -0.2) is 8.78 Å². The van der Waals surface area contributed by atoms with Crippen molar-refractivity contribution < 1.29 is 61.6 Å². The fourth-order valence-electron chi connectivity index (χ4n) is 5.36. The highest BCUT2D eigenvalue weighted by molar-refractivity contribution is 7.98. The van der Waals surface area contributed by atoms with Crippen molar-refractivity contribution in [1.29, 1.82) is 0 Å². The monoisotopic (exact) mass is 771 g/mol. The van der Waals surface area contributed by atoms with Crippen LogP contribution in [-0.4, -0.2) is 59.6 Å². The molecule has 0 saturated carbocycles. The molecule has 0 spiro atoms. The van der Waals surface area contributed by atoms with E-state index in [2.05, 4.69) is 0 Å². The van der Waals surface area contributed by atoms with E-state index in [9.17, 15) is 27.8 Å². The lowest BCUT2D eigenvalue weighted by Gasteiger charge is -2.39. The first-order chi connectivity index (χ1) is 34.4. The fraction of sp³-hybridized carbons (Fsp3) is 0.317. The number of carbonyl (C=O) groups is 1. The van der Waals surface area contributed by atoms with Crippen LogP contribution in [0.25, 0.3) is 22.0 Å². The van der Waals surface area contributed by atoms with E-state index in [4.69, 9.17) is 29.4 Å². The summed E-state index contributed by atoms with van der Waals surface area (Å²) in [6.07, 6.45) is -6.01. The second-order valence-corrected chi connectivity index (χ2v) is 12.4. The zero-order valence-electron chi connectivity index (χ0n) is 49.4. The maximum atomic E-state index is 15.5. The highest BCUT2D eigenvalue weighted by Gasteiger charge is 2.32. The highest BCUT2D eigenvalue weighted by atomic mass is 32.2. The molecule has 0 atom stereocenters. The predicted octanol–water partition coefficient (Wildman–Crippen LogP) is 8.71. The number of benzene rings is 4. The maximum absolute atomic E-state index is 15.5. The summed E-state index contributed by atoms with van der Waals surface area (Å²) < 4.78 is 266. The van der Waals surface area contributed by atoms with E-state index in [0.29, 0.717) is 0 Å². The number of para-hydroxylation sites is 1. The molecule has 6 rings (SSSR count). The van der Waals surface area contributed by atoms with Crippen molar-refractivity contribution >= 4 is 28.6 Å². The van der Waals surface area contributed by atoms with Gasteiger partial charge >= 0.3 is 6.18 Å². The van der Waals surface area contributed by atoms with Crippen molar-refractivity contribution in [2.75, 3.05) is 33.3 Å². The van der Waals surface area contributed by atoms with Crippen molar-refractivity contribution in [1.82, 2.24) is 14.4 Å². The molecule has 0 bridgehead atoms. The van der Waals surface area contributed by atoms with Gasteiger partial charge in [0.15, 0.2) is 17.1 Å². The average molecular weight is 772 g/mol. The lowest BCUT2D eigenvalue weighted by Crippen LogP contribution is -2.48. The van der Waals surface area contributed by atoms with E-state index in [0.717, 1.165) is 6.92 Å². The summed E-state index contributed by atoms with van der Waals surface area (Å²) in [6, 6.07) is -20.5. The number of piperidine rings is 1. The first-order valence-corrected chi connectivity index (χ1v) is 16.6. The van der Waals surface area contributed by atoms with E-state index >= 15 is 9.18 Å². The molecule has 1 aromatic heterocycles. The van der Waals surface area contributed by atoms with Gasteiger partial charge in [0, 0.05) is 62.0 Å². The van der Waals surface area contributed by atoms with Crippen LogP contribution in [0, 0.1) is 18.6 Å². The molecule has 5 aromatic rings. The number of hydrogen-bond donors (Lipinski definition) is 0. The predicted molar refractivity (Wildman–Crippen MR) is 198 cm³/mol. The number of aromatic nitrogens is 1. The number of hydrogen-bond acceptors (Lipinski definition) is 5. The molecular weight excluding hydrogens is 710 g/mol. The highest BCUT2D eigenvalue weighted by Crippen LogP contribution is 2.34. The average Bonchev–Trinajstić information content (AvgIpc) is 3.31. The summed E-state index contributed by atoms with van der Waals surface area (Å²) >= 11 is 0.0242. The summed E-state index contributed by atoms with van der Waals surface area (Å²) in [5.74, 6) is -6.94. The minimum atomic E-state index is -5.27. The van der Waals surface area contributed by atoms with E-state index < -0.39 is 201 Å². The van der Waals surface area contributed by atoms with Crippen LogP contribution in [0.5, 0.6) is 0 Å². The van der Waals surface area contributed by atoms with Crippen LogP contribution in [0.3, 0.4) is 0 Å². The number of nitrogens with zero attached hydrogens (tertiary/aromatic N) is 3. The van der Waals surface area contributed by atoms with Gasteiger partial charge in [0.1, 0.15) is 6.50 Å². The molecule has 0 radical (unpaired) electrons. The Morgan fingerprint density at radius 2 is 1.74 bits per heavy atom. The number of fused-ring (bicyclic) bond motifs is 1. The van der Waals surface area contributed by atoms with Gasteiger partial charge in [-0.2, -0.15) is 13.2 Å². The molecular formula is C41H40F5N3O3S. The zero-order valence-corrected chi connectivity index (χ0v) is 28.2. The molecule has 4 aromatic carbocycles. The molecule has 1 fully saturated rings. The molecule has 53 heavy (non-hydrogen) atoms. The van der Waals surface area contributed by atoms with Crippen LogP contribution in [0.15, 0.2) is 100 Å². The second-order valence-electron chi connectivity index (χ2n) is 11.4. The molecule has 0 N–H and O–H groups in total. The summed E-state index contributed by atoms with van der Waals surface area (Å²) in [4.78, 5) is 31.2. The quantitative estimate of drug-likeness (QED) is 0.0939. The first-order valence-electron chi connectivity index (χ1n) is 26.6. The number of thioether (sulfide) groups is 1. The Kier molecular flexibility index (Phi) is 6.03. The number of likely N-dealkylation sites (tertiary alicyclic amines) is 1. The van der Waals surface area contributed by atoms with E-state index in [1.807, 2.05) is 0 Å². The van der Waals surface area contributed by atoms with Crippen molar-refractivity contribution in [2.24, 2.45) is 0 Å². The number of rotatable bonds is 12. The first kappa shape index (κ1) is 19.2. The van der Waals surface area contributed by atoms with Gasteiger partial charge in [-0.1, -0.05) is 60.4 Å². The number of alkyl halides is 3. The van der Waals surface area contributed by atoms with Crippen molar-refractivity contribution in [3.8, 4) is 11.1 Å². The number of halogens is 5. The van der Waals surface area contributed by atoms with Gasteiger partial charge in [0.25, 0.3) is 0 Å². The third-order valence-electron chi connectivity index (χ3n) is 7.99. The molecule has 1 aliphatic rings. The summed E-state index contributed by atoms with van der Waals surface area (Å²) in [5.41, 5.74) is -9.69. The van der Waals surface area contributed by atoms with Crippen LogP contribution >= 0.6 is 11.8 Å². The Morgan fingerprint density at radius 3 is 2.47 bits per heavy atom. The Hall–Kier alpha value is -4.52. The van der Waals surface area contributed by atoms with Crippen LogP contribution < -0.4 is 5.43 Å². The number of carbonyl (C=O) groups excluding carboxylic acids is 1. The van der Waals surface area contributed by atoms with Gasteiger partial charge in [0.05, 0.1) is 52.9 Å². The number of methoxy groups -OCH3 is 1. The normalized spacial score (nSPS) is 20.9. The topological polar surface area (TPSA) is 54.8 Å². The van der Waals surface area contributed by atoms with E-state index in [1.54, 1.807) is 4.90 Å². The molecule has 1 saturated heterocycles. The molecule has 0 aliphatic carbocycles. The summed E-state index contributed by atoms with van der Waals surface area (Å²) in [7, 11) is -2.80. The standard InChI is InChI=1S/C41H40F5N3O3S/c1-27-22-30(14-15-34(27)41(44,45)46)29-12-10-28(11-13-29)24-48(32-16-18-47(19-17-32)20-21-52-2)38(51)25-49-36-9-4-3-7-33(36)37(50)23-39(49)53-26-31-6-5-8-35(42)40(31)43/h3-15,22-23,32H,16-21,24-26H2,1-2H3/i2D3,3D,4D,5D,6D,7D,8D,9D,10D,11D,12D,13D,14D,15D,22D,23D,24D2,25D2. The number of amides is 1. The molecule has 2 heterocycles. The Labute approximate surface area is 340 Å². The summed E-state index contributed by atoms with van der Waals surface area (Å²) in [6.45, 7) is -7.81. The largest absolute Gasteiger partial charge is 0.416 e. The van der Waals surface area contributed by atoms with Gasteiger partial charge in [0.2, 0.25) is 5.91 Å². The van der Waals surface area contributed by atoms with Crippen LogP contribution in [0.4, 0.5) is 22.0 Å². The third-order valence-corrected chi connectivity index (χ3v) is 8.98. The summed E-state index contributed by atoms with van der Waals surface area (Å²) in [5, 5.41) is -2.20. The molecule has 0 unspecified atom stereocenters. The minimum Gasteiger partial charge on any atom is -0.383 e. The number of pyridine rings is 1. The van der Waals surface area contributed by atoms with Crippen LogP contribution in [0.2, 0.25) is 0 Å². The number of ether oxygens (including phenoxy) is 1. The van der Waals surface area contributed by atoms with Crippen molar-refractivity contribution in [3.63, 3.8) is 0 Å². The van der Waals surface area contributed by atoms with Gasteiger partial charge in [-0.3, -0.25) is 9.59 Å². The van der Waals surface area contributed by atoms with Gasteiger partial charge < -0.3 is 19.1 Å². The van der Waals surface area contributed by atoms with Gasteiger partial charge in [-0.15, -0.1) is 11.8 Å².